The van der Waals surface area contributed by atoms with Gasteiger partial charge in [-0.3, -0.25) is 9.59 Å². The first-order valence-corrected chi connectivity index (χ1v) is 7.90. The van der Waals surface area contributed by atoms with Crippen molar-refractivity contribution in [2.45, 2.75) is 0 Å². The molecule has 0 aromatic carbocycles. The third-order valence-corrected chi connectivity index (χ3v) is 4.01. The van der Waals surface area contributed by atoms with Gasteiger partial charge in [-0.1, -0.05) is 6.07 Å². The zero-order valence-corrected chi connectivity index (χ0v) is 13.8. The largest absolute Gasteiger partial charge is 0.472 e. The summed E-state index contributed by atoms with van der Waals surface area (Å²) in [7, 11) is 3.28. The van der Waals surface area contributed by atoms with Gasteiger partial charge in [0.05, 0.1) is 6.26 Å². The zero-order valence-electron chi connectivity index (χ0n) is 13.0. The van der Waals surface area contributed by atoms with E-state index in [1.54, 1.807) is 56.3 Å². The molecule has 0 unspecified atom stereocenters. The Labute approximate surface area is 142 Å². The third kappa shape index (κ3) is 3.33. The Morgan fingerprint density at radius 3 is 2.71 bits per heavy atom. The van der Waals surface area contributed by atoms with Crippen LogP contribution in [0.15, 0.2) is 46.6 Å². The Morgan fingerprint density at radius 2 is 2.00 bits per heavy atom. The molecule has 122 valence electrons. The van der Waals surface area contributed by atoms with Crippen LogP contribution in [0.4, 0.5) is 5.82 Å². The molecule has 7 nitrogen and oxygen atoms in total. The molecule has 0 saturated carbocycles. The molecule has 2 amide bonds. The molecule has 0 spiro atoms. The third-order valence-electron chi connectivity index (χ3n) is 3.12. The van der Waals surface area contributed by atoms with Gasteiger partial charge in [-0.15, -0.1) is 11.3 Å². The van der Waals surface area contributed by atoms with E-state index in [-0.39, 0.29) is 23.2 Å². The molecule has 1 N–H and O–H groups in total. The summed E-state index contributed by atoms with van der Waals surface area (Å²) in [6.07, 6.45) is 3.12. The summed E-state index contributed by atoms with van der Waals surface area (Å²) < 4.78 is 5.01. The molecule has 0 aliphatic carbocycles. The van der Waals surface area contributed by atoms with E-state index < -0.39 is 0 Å². The van der Waals surface area contributed by atoms with E-state index in [2.05, 4.69) is 15.3 Å². The first-order valence-electron chi connectivity index (χ1n) is 7.03. The van der Waals surface area contributed by atoms with Crippen LogP contribution in [0, 0.1) is 0 Å². The number of nitrogens with one attached hydrogen (secondary N) is 1. The smallest absolute Gasteiger partial charge is 0.276 e. The number of hydrogen-bond donors (Lipinski definition) is 1. The Morgan fingerprint density at radius 1 is 1.17 bits per heavy atom. The van der Waals surface area contributed by atoms with E-state index in [1.165, 1.54) is 16.2 Å². The average Bonchev–Trinajstić information content (AvgIpc) is 3.25. The molecule has 3 heterocycles. The molecule has 0 fully saturated rings. The summed E-state index contributed by atoms with van der Waals surface area (Å²) in [5, 5.41) is 5.00. The van der Waals surface area contributed by atoms with Crippen molar-refractivity contribution < 1.29 is 14.0 Å². The fourth-order valence-electron chi connectivity index (χ4n) is 1.93. The number of carbonyl (C=O) groups is 2. The summed E-state index contributed by atoms with van der Waals surface area (Å²) in [6.45, 7) is 0. The van der Waals surface area contributed by atoms with Gasteiger partial charge in [0.1, 0.15) is 28.5 Å². The molecule has 0 atom stereocenters. The molecule has 0 aliphatic heterocycles. The fourth-order valence-corrected chi connectivity index (χ4v) is 2.72. The van der Waals surface area contributed by atoms with Crippen molar-refractivity contribution in [3.05, 3.63) is 53.6 Å². The van der Waals surface area contributed by atoms with E-state index in [4.69, 9.17) is 4.42 Å². The highest BCUT2D eigenvalue weighted by Gasteiger charge is 2.15. The number of aromatic nitrogens is 2. The second-order valence-electron chi connectivity index (χ2n) is 5.11. The number of thiazole rings is 1. The SMILES string of the molecule is CN(C)C(=O)c1cccc(NC(=O)c2csc(-c3ccoc3)n2)n1. The number of anilines is 1. The first kappa shape index (κ1) is 15.9. The van der Waals surface area contributed by atoms with Gasteiger partial charge >= 0.3 is 0 Å². The Hall–Kier alpha value is -3.00. The lowest BCUT2D eigenvalue weighted by molar-refractivity contribution is 0.0821. The van der Waals surface area contributed by atoms with Crippen LogP contribution in [0.25, 0.3) is 10.6 Å². The molecule has 3 aromatic rings. The van der Waals surface area contributed by atoms with Gasteiger partial charge in [0.2, 0.25) is 0 Å². The molecular weight excluding hydrogens is 328 g/mol. The van der Waals surface area contributed by atoms with Crippen LogP contribution in [0.3, 0.4) is 0 Å². The maximum Gasteiger partial charge on any atom is 0.276 e. The summed E-state index contributed by atoms with van der Waals surface area (Å²) >= 11 is 1.34. The minimum Gasteiger partial charge on any atom is -0.472 e. The molecule has 0 radical (unpaired) electrons. The molecule has 3 rings (SSSR count). The molecule has 8 heteroatoms. The highest BCUT2D eigenvalue weighted by molar-refractivity contribution is 7.13. The van der Waals surface area contributed by atoms with Gasteiger partial charge in [0.15, 0.2) is 0 Å². The maximum atomic E-state index is 12.3. The number of hydrogen-bond acceptors (Lipinski definition) is 6. The van der Waals surface area contributed by atoms with Crippen molar-refractivity contribution in [2.24, 2.45) is 0 Å². The van der Waals surface area contributed by atoms with Gasteiger partial charge in [0, 0.05) is 25.0 Å². The minimum atomic E-state index is -0.386. The lowest BCUT2D eigenvalue weighted by Gasteiger charge is -2.10. The number of nitrogens with zero attached hydrogens (tertiary/aromatic N) is 3. The van der Waals surface area contributed by atoms with Gasteiger partial charge in [-0.2, -0.15) is 0 Å². The topological polar surface area (TPSA) is 88.3 Å². The van der Waals surface area contributed by atoms with Gasteiger partial charge in [-0.05, 0) is 18.2 Å². The highest BCUT2D eigenvalue weighted by atomic mass is 32.1. The van der Waals surface area contributed by atoms with E-state index in [0.29, 0.717) is 10.8 Å². The van der Waals surface area contributed by atoms with Crippen molar-refractivity contribution in [1.29, 1.82) is 0 Å². The van der Waals surface area contributed by atoms with Crippen LogP contribution in [-0.2, 0) is 0 Å². The van der Waals surface area contributed by atoms with E-state index in [1.807, 2.05) is 0 Å². The lowest BCUT2D eigenvalue weighted by atomic mass is 10.3. The molecule has 0 bridgehead atoms. The van der Waals surface area contributed by atoms with Crippen molar-refractivity contribution in [1.82, 2.24) is 14.9 Å². The Balaban J connectivity index is 1.76. The quantitative estimate of drug-likeness (QED) is 0.787. The fraction of sp³-hybridized carbons (Fsp3) is 0.125. The number of pyridine rings is 1. The predicted molar refractivity (Wildman–Crippen MR) is 90.0 cm³/mol. The normalized spacial score (nSPS) is 10.4. The van der Waals surface area contributed by atoms with E-state index >= 15 is 0 Å². The van der Waals surface area contributed by atoms with Crippen molar-refractivity contribution >= 4 is 29.0 Å². The summed E-state index contributed by atoms with van der Waals surface area (Å²) in [6, 6.07) is 6.65. The second kappa shape index (κ2) is 6.63. The highest BCUT2D eigenvalue weighted by Crippen LogP contribution is 2.24. The summed E-state index contributed by atoms with van der Waals surface area (Å²) in [4.78, 5) is 34.1. The number of rotatable bonds is 4. The standard InChI is InChI=1S/C16H14N4O3S/c1-20(2)16(22)11-4-3-5-13(17-11)19-14(21)12-9-24-15(18-12)10-6-7-23-8-10/h3-9H,1-2H3,(H,17,19,21). The van der Waals surface area contributed by atoms with Crippen molar-refractivity contribution in [3.63, 3.8) is 0 Å². The maximum absolute atomic E-state index is 12.3. The molecule has 24 heavy (non-hydrogen) atoms. The summed E-state index contributed by atoms with van der Waals surface area (Å²) in [5.74, 6) is -0.324. The van der Waals surface area contributed by atoms with Gasteiger partial charge < -0.3 is 14.6 Å². The van der Waals surface area contributed by atoms with Crippen LogP contribution in [0.2, 0.25) is 0 Å². The lowest BCUT2D eigenvalue weighted by Crippen LogP contribution is -2.23. The zero-order chi connectivity index (χ0) is 17.1. The molecule has 0 aliphatic rings. The van der Waals surface area contributed by atoms with Crippen LogP contribution in [-0.4, -0.2) is 40.8 Å². The molecular formula is C16H14N4O3S. The Bertz CT molecular complexity index is 871. The van der Waals surface area contributed by atoms with Gasteiger partial charge in [-0.25, -0.2) is 9.97 Å². The second-order valence-corrected chi connectivity index (χ2v) is 5.97. The number of amides is 2. The van der Waals surface area contributed by atoms with Gasteiger partial charge in [0.25, 0.3) is 11.8 Å². The van der Waals surface area contributed by atoms with E-state index in [0.717, 1.165) is 5.56 Å². The monoisotopic (exact) mass is 342 g/mol. The molecule has 0 saturated heterocycles. The van der Waals surface area contributed by atoms with Crippen LogP contribution in [0.1, 0.15) is 21.0 Å². The number of furan rings is 1. The summed E-state index contributed by atoms with van der Waals surface area (Å²) in [5.41, 5.74) is 1.35. The van der Waals surface area contributed by atoms with E-state index in [9.17, 15) is 9.59 Å². The Kier molecular flexibility index (Phi) is 4.39. The average molecular weight is 342 g/mol. The predicted octanol–water partition coefficient (Wildman–Crippen LogP) is 2.75. The van der Waals surface area contributed by atoms with Crippen molar-refractivity contribution in [3.8, 4) is 10.6 Å². The van der Waals surface area contributed by atoms with Crippen molar-refractivity contribution in [2.75, 3.05) is 19.4 Å². The van der Waals surface area contributed by atoms with Crippen LogP contribution < -0.4 is 5.32 Å². The van der Waals surface area contributed by atoms with Crippen LogP contribution >= 0.6 is 11.3 Å². The van der Waals surface area contributed by atoms with Crippen LogP contribution in [0.5, 0.6) is 0 Å². The minimum absolute atomic E-state index is 0.234. The molecule has 3 aromatic heterocycles. The number of carbonyl (C=O) groups excluding carboxylic acids is 2. The first-order chi connectivity index (χ1) is 11.5.